The van der Waals surface area contributed by atoms with Crippen LogP contribution in [-0.4, -0.2) is 26.0 Å². The van der Waals surface area contributed by atoms with E-state index < -0.39 is 0 Å². The zero-order valence-corrected chi connectivity index (χ0v) is 8.12. The van der Waals surface area contributed by atoms with Gasteiger partial charge in [0.25, 0.3) is 0 Å². The molecule has 1 aromatic rings. The van der Waals surface area contributed by atoms with E-state index in [4.69, 9.17) is 0 Å². The Labute approximate surface area is 75.0 Å². The van der Waals surface area contributed by atoms with Gasteiger partial charge in [0.2, 0.25) is 0 Å². The topological polar surface area (TPSA) is 29.3 Å². The van der Waals surface area contributed by atoms with E-state index in [2.05, 4.69) is 49.0 Å². The highest BCUT2D eigenvalue weighted by atomic mass is 15.0. The van der Waals surface area contributed by atoms with E-state index in [1.807, 2.05) is 6.07 Å². The second-order valence-electron chi connectivity index (χ2n) is 2.72. The van der Waals surface area contributed by atoms with Crippen molar-refractivity contribution in [2.24, 2.45) is 5.73 Å². The van der Waals surface area contributed by atoms with E-state index >= 15 is 0 Å². The molecule has 2 N–H and O–H groups in total. The summed E-state index contributed by atoms with van der Waals surface area (Å²) in [7, 11) is 5.65. The molecule has 0 saturated carbocycles. The van der Waals surface area contributed by atoms with Crippen molar-refractivity contribution in [3.63, 3.8) is 0 Å². The molecule has 0 amide bonds. The lowest BCUT2D eigenvalue weighted by Gasteiger charge is -2.08. The van der Waals surface area contributed by atoms with Crippen LogP contribution in [0.25, 0.3) is 0 Å². The summed E-state index contributed by atoms with van der Waals surface area (Å²) in [6.45, 7) is 1.03. The lowest BCUT2D eigenvalue weighted by molar-refractivity contribution is 0.402. The van der Waals surface area contributed by atoms with Crippen LogP contribution in [0, 0.1) is 0 Å². The van der Waals surface area contributed by atoms with Crippen LogP contribution in [0.3, 0.4) is 0 Å². The molecule has 1 rings (SSSR count). The fraction of sp³-hybridized carbons (Fsp3) is 0.400. The molecule has 12 heavy (non-hydrogen) atoms. The van der Waals surface area contributed by atoms with E-state index in [-0.39, 0.29) is 0 Å². The average Bonchev–Trinajstić information content (AvgIpc) is 2.08. The molecule has 0 heterocycles. The number of nitrogens with two attached hydrogens (primary N) is 1. The largest absolute Gasteiger partial charge is 0.333 e. The maximum Gasteiger partial charge on any atom is 0.0227 e. The highest BCUT2D eigenvalue weighted by molar-refractivity contribution is 5.14. The minimum atomic E-state index is 1.03. The van der Waals surface area contributed by atoms with Crippen molar-refractivity contribution in [3.8, 4) is 0 Å². The molecule has 0 radical (unpaired) electrons. The van der Waals surface area contributed by atoms with Gasteiger partial charge in [-0.3, -0.25) is 0 Å². The van der Waals surface area contributed by atoms with Gasteiger partial charge >= 0.3 is 0 Å². The summed E-state index contributed by atoms with van der Waals surface area (Å²) in [6.07, 6.45) is 0. The van der Waals surface area contributed by atoms with Gasteiger partial charge in [-0.1, -0.05) is 30.3 Å². The first-order chi connectivity index (χ1) is 5.79. The summed E-state index contributed by atoms with van der Waals surface area (Å²) < 4.78 is 0. The van der Waals surface area contributed by atoms with Crippen LogP contribution in [0.2, 0.25) is 0 Å². The minimum absolute atomic E-state index is 1.03. The second kappa shape index (κ2) is 6.83. The Kier molecular flexibility index (Phi) is 6.34. The van der Waals surface area contributed by atoms with Crippen molar-refractivity contribution in [1.29, 1.82) is 0 Å². The van der Waals surface area contributed by atoms with Gasteiger partial charge < -0.3 is 10.6 Å². The summed E-state index contributed by atoms with van der Waals surface area (Å²) in [5.41, 5.74) is 5.87. The molecular formula is C10H18N2. The van der Waals surface area contributed by atoms with Crippen LogP contribution >= 0.6 is 0 Å². The number of nitrogens with zero attached hydrogens (tertiary/aromatic N) is 1. The highest BCUT2D eigenvalue weighted by Gasteiger charge is 1.90. The van der Waals surface area contributed by atoms with E-state index in [0.717, 1.165) is 6.54 Å². The molecule has 0 bridgehead atoms. The predicted octanol–water partition coefficient (Wildman–Crippen LogP) is 1.32. The predicted molar refractivity (Wildman–Crippen MR) is 53.9 cm³/mol. The van der Waals surface area contributed by atoms with Crippen LogP contribution in [0.5, 0.6) is 0 Å². The summed E-state index contributed by atoms with van der Waals surface area (Å²) >= 11 is 0. The van der Waals surface area contributed by atoms with E-state index in [1.54, 1.807) is 0 Å². The first kappa shape index (κ1) is 11.1. The lowest BCUT2D eigenvalue weighted by atomic mass is 10.2. The number of hydrogen-bond donors (Lipinski definition) is 1. The SMILES string of the molecule is CN.CN(C)Cc1ccccc1. The summed E-state index contributed by atoms with van der Waals surface area (Å²) in [4.78, 5) is 2.16. The number of benzene rings is 1. The van der Waals surface area contributed by atoms with Crippen LogP contribution in [0.15, 0.2) is 30.3 Å². The van der Waals surface area contributed by atoms with Crippen molar-refractivity contribution in [2.45, 2.75) is 6.54 Å². The average molecular weight is 166 g/mol. The molecule has 68 valence electrons. The fourth-order valence-corrected chi connectivity index (χ4v) is 0.949. The quantitative estimate of drug-likeness (QED) is 0.718. The van der Waals surface area contributed by atoms with Gasteiger partial charge in [0.1, 0.15) is 0 Å². The minimum Gasteiger partial charge on any atom is -0.333 e. The molecular weight excluding hydrogens is 148 g/mol. The van der Waals surface area contributed by atoms with Gasteiger partial charge in [0.05, 0.1) is 0 Å². The van der Waals surface area contributed by atoms with E-state index in [0.29, 0.717) is 0 Å². The molecule has 0 unspecified atom stereocenters. The van der Waals surface area contributed by atoms with E-state index in [9.17, 15) is 0 Å². The number of hydrogen-bond acceptors (Lipinski definition) is 2. The van der Waals surface area contributed by atoms with Gasteiger partial charge in [-0.15, -0.1) is 0 Å². The van der Waals surface area contributed by atoms with Gasteiger partial charge in [-0.25, -0.2) is 0 Å². The second-order valence-corrected chi connectivity index (χ2v) is 2.72. The summed E-state index contributed by atoms with van der Waals surface area (Å²) in [6, 6.07) is 10.5. The maximum absolute atomic E-state index is 4.50. The maximum atomic E-state index is 4.50. The first-order valence-electron chi connectivity index (χ1n) is 4.05. The Bertz CT molecular complexity index is 182. The third-order valence-electron chi connectivity index (χ3n) is 1.34. The van der Waals surface area contributed by atoms with Gasteiger partial charge in [0, 0.05) is 6.54 Å². The van der Waals surface area contributed by atoms with Crippen molar-refractivity contribution in [3.05, 3.63) is 35.9 Å². The standard InChI is InChI=1S/C9H13N.CH5N/c1-10(2)8-9-6-4-3-5-7-9;1-2/h3-7H,8H2,1-2H3;2H2,1H3. The summed E-state index contributed by atoms with van der Waals surface area (Å²) in [5, 5.41) is 0. The molecule has 2 heteroatoms. The molecule has 0 saturated heterocycles. The Hall–Kier alpha value is -0.860. The molecule has 2 nitrogen and oxygen atoms in total. The number of rotatable bonds is 2. The molecule has 0 aliphatic heterocycles. The lowest BCUT2D eigenvalue weighted by Crippen LogP contribution is -2.10. The third kappa shape index (κ3) is 4.88. The van der Waals surface area contributed by atoms with Crippen LogP contribution < -0.4 is 5.73 Å². The molecule has 0 atom stereocenters. The molecule has 0 aromatic heterocycles. The Morgan fingerprint density at radius 1 is 1.08 bits per heavy atom. The smallest absolute Gasteiger partial charge is 0.0227 e. The normalized spacial score (nSPS) is 9.08. The molecule has 1 aromatic carbocycles. The van der Waals surface area contributed by atoms with Crippen LogP contribution in [0.1, 0.15) is 5.56 Å². The van der Waals surface area contributed by atoms with Crippen LogP contribution in [-0.2, 0) is 6.54 Å². The first-order valence-corrected chi connectivity index (χ1v) is 4.05. The molecule has 0 aliphatic rings. The van der Waals surface area contributed by atoms with Gasteiger partial charge in [0.15, 0.2) is 0 Å². The summed E-state index contributed by atoms with van der Waals surface area (Å²) in [5.74, 6) is 0. The van der Waals surface area contributed by atoms with Crippen molar-refractivity contribution >= 4 is 0 Å². The highest BCUT2D eigenvalue weighted by Crippen LogP contribution is 1.99. The van der Waals surface area contributed by atoms with Crippen molar-refractivity contribution in [1.82, 2.24) is 4.90 Å². The van der Waals surface area contributed by atoms with Crippen LogP contribution in [0.4, 0.5) is 0 Å². The Morgan fingerprint density at radius 3 is 2.00 bits per heavy atom. The molecule has 0 aliphatic carbocycles. The fourth-order valence-electron chi connectivity index (χ4n) is 0.949. The third-order valence-corrected chi connectivity index (χ3v) is 1.34. The monoisotopic (exact) mass is 166 g/mol. The van der Waals surface area contributed by atoms with E-state index in [1.165, 1.54) is 12.6 Å². The molecule has 0 spiro atoms. The Balaban J connectivity index is 0.000000561. The molecule has 0 fully saturated rings. The van der Waals surface area contributed by atoms with Gasteiger partial charge in [-0.2, -0.15) is 0 Å². The van der Waals surface area contributed by atoms with Crippen molar-refractivity contribution < 1.29 is 0 Å². The van der Waals surface area contributed by atoms with Gasteiger partial charge in [-0.05, 0) is 26.7 Å². The zero-order chi connectivity index (χ0) is 9.40. The van der Waals surface area contributed by atoms with Crippen molar-refractivity contribution in [2.75, 3.05) is 21.1 Å². The Morgan fingerprint density at radius 2 is 1.58 bits per heavy atom. The zero-order valence-electron chi connectivity index (χ0n) is 8.12.